The summed E-state index contributed by atoms with van der Waals surface area (Å²) in [7, 11) is 0. The predicted octanol–water partition coefficient (Wildman–Crippen LogP) is 0.785. The second kappa shape index (κ2) is 8.81. The Morgan fingerprint density at radius 1 is 1.16 bits per heavy atom. The summed E-state index contributed by atoms with van der Waals surface area (Å²) in [6.07, 6.45) is 1.69. The zero-order chi connectivity index (χ0) is 18.2. The topological polar surface area (TPSA) is 114 Å². The predicted molar refractivity (Wildman–Crippen MR) is 88.3 cm³/mol. The summed E-state index contributed by atoms with van der Waals surface area (Å²) in [5, 5.41) is 7.35. The van der Waals surface area contributed by atoms with Crippen LogP contribution in [0.1, 0.15) is 37.8 Å². The van der Waals surface area contributed by atoms with Gasteiger partial charge in [-0.2, -0.15) is 0 Å². The summed E-state index contributed by atoms with van der Waals surface area (Å²) in [5.41, 5.74) is 0.753. The third-order valence-corrected chi connectivity index (χ3v) is 3.48. The van der Waals surface area contributed by atoms with Crippen LogP contribution >= 0.6 is 0 Å². The highest BCUT2D eigenvalue weighted by Gasteiger charge is 2.24. The number of rotatable bonds is 7. The first-order valence-electron chi connectivity index (χ1n) is 8.02. The molecule has 1 aliphatic carbocycles. The SMILES string of the molecule is CC(=O)N[C@H](CC(=O)OCC(=O)NC(=O)NC1CC1)c1ccccc1. The van der Waals surface area contributed by atoms with Gasteiger partial charge in [-0.3, -0.25) is 19.7 Å². The monoisotopic (exact) mass is 347 g/mol. The number of imide groups is 1. The van der Waals surface area contributed by atoms with Crippen LogP contribution < -0.4 is 16.0 Å². The molecule has 134 valence electrons. The lowest BCUT2D eigenvalue weighted by atomic mass is 10.0. The van der Waals surface area contributed by atoms with Gasteiger partial charge in [-0.25, -0.2) is 4.79 Å². The van der Waals surface area contributed by atoms with Gasteiger partial charge in [0.15, 0.2) is 6.61 Å². The number of ether oxygens (including phenoxy) is 1. The van der Waals surface area contributed by atoms with E-state index in [9.17, 15) is 19.2 Å². The van der Waals surface area contributed by atoms with Gasteiger partial charge in [0.05, 0.1) is 12.5 Å². The molecular formula is C17H21N3O5. The van der Waals surface area contributed by atoms with Crippen LogP contribution in [0.15, 0.2) is 30.3 Å². The van der Waals surface area contributed by atoms with Crippen molar-refractivity contribution in [3.05, 3.63) is 35.9 Å². The molecule has 0 bridgehead atoms. The number of amides is 4. The lowest BCUT2D eigenvalue weighted by Gasteiger charge is -2.17. The fraction of sp³-hybridized carbons (Fsp3) is 0.412. The van der Waals surface area contributed by atoms with Gasteiger partial charge in [-0.05, 0) is 18.4 Å². The summed E-state index contributed by atoms with van der Waals surface area (Å²) in [5.74, 6) is -1.64. The number of carbonyl (C=O) groups excluding carboxylic acids is 4. The van der Waals surface area contributed by atoms with Crippen molar-refractivity contribution in [2.75, 3.05) is 6.61 Å². The molecule has 0 saturated heterocycles. The molecule has 25 heavy (non-hydrogen) atoms. The number of benzene rings is 1. The maximum Gasteiger partial charge on any atom is 0.321 e. The molecule has 0 unspecified atom stereocenters. The van der Waals surface area contributed by atoms with Gasteiger partial charge in [0.2, 0.25) is 5.91 Å². The zero-order valence-corrected chi connectivity index (χ0v) is 13.9. The van der Waals surface area contributed by atoms with Crippen LogP contribution in [0.4, 0.5) is 4.79 Å². The Balaban J connectivity index is 1.78. The Bertz CT molecular complexity index is 643. The molecule has 0 aromatic heterocycles. The molecule has 0 heterocycles. The lowest BCUT2D eigenvalue weighted by Crippen LogP contribution is -2.42. The number of esters is 1. The fourth-order valence-electron chi connectivity index (χ4n) is 2.17. The van der Waals surface area contributed by atoms with Crippen molar-refractivity contribution in [1.29, 1.82) is 0 Å². The van der Waals surface area contributed by atoms with E-state index in [0.29, 0.717) is 0 Å². The number of hydrogen-bond acceptors (Lipinski definition) is 5. The van der Waals surface area contributed by atoms with Crippen molar-refractivity contribution < 1.29 is 23.9 Å². The molecule has 1 fully saturated rings. The van der Waals surface area contributed by atoms with Crippen LogP contribution in [0.3, 0.4) is 0 Å². The molecule has 3 N–H and O–H groups in total. The van der Waals surface area contributed by atoms with Gasteiger partial charge in [0, 0.05) is 13.0 Å². The van der Waals surface area contributed by atoms with Gasteiger partial charge in [0.1, 0.15) is 0 Å². The highest BCUT2D eigenvalue weighted by molar-refractivity contribution is 5.95. The maximum atomic E-state index is 11.9. The maximum absolute atomic E-state index is 11.9. The minimum Gasteiger partial charge on any atom is -0.455 e. The number of nitrogens with one attached hydrogen (secondary N) is 3. The molecule has 2 rings (SSSR count). The van der Waals surface area contributed by atoms with Crippen molar-refractivity contribution in [3.63, 3.8) is 0 Å². The Kier molecular flexibility index (Phi) is 6.50. The standard InChI is InChI=1S/C17H21N3O5/c1-11(21)18-14(12-5-3-2-4-6-12)9-16(23)25-10-15(22)20-17(24)19-13-7-8-13/h2-6,13-14H,7-10H2,1H3,(H,18,21)(H2,19,20,22,24)/t14-/m1/s1. The largest absolute Gasteiger partial charge is 0.455 e. The number of urea groups is 1. The van der Waals surface area contributed by atoms with E-state index in [1.54, 1.807) is 24.3 Å². The first-order chi connectivity index (χ1) is 11.9. The average molecular weight is 347 g/mol. The molecule has 4 amide bonds. The number of hydrogen-bond donors (Lipinski definition) is 3. The van der Waals surface area contributed by atoms with E-state index in [2.05, 4.69) is 16.0 Å². The third kappa shape index (κ3) is 7.03. The van der Waals surface area contributed by atoms with Gasteiger partial charge in [-0.1, -0.05) is 30.3 Å². The first kappa shape index (κ1) is 18.4. The van der Waals surface area contributed by atoms with E-state index in [1.807, 2.05) is 6.07 Å². The summed E-state index contributed by atoms with van der Waals surface area (Å²) in [4.78, 5) is 46.2. The summed E-state index contributed by atoms with van der Waals surface area (Å²) in [6.45, 7) is 0.797. The Hall–Kier alpha value is -2.90. The van der Waals surface area contributed by atoms with Gasteiger partial charge < -0.3 is 15.4 Å². The molecule has 0 aliphatic heterocycles. The number of carbonyl (C=O) groups is 4. The minimum atomic E-state index is -0.706. The van der Waals surface area contributed by atoms with E-state index in [4.69, 9.17) is 4.74 Å². The lowest BCUT2D eigenvalue weighted by molar-refractivity contribution is -0.148. The van der Waals surface area contributed by atoms with E-state index in [-0.39, 0.29) is 18.4 Å². The Morgan fingerprint density at radius 2 is 1.84 bits per heavy atom. The van der Waals surface area contributed by atoms with E-state index >= 15 is 0 Å². The van der Waals surface area contributed by atoms with Crippen molar-refractivity contribution in [2.24, 2.45) is 0 Å². The molecule has 8 heteroatoms. The van der Waals surface area contributed by atoms with Crippen LogP contribution in [0, 0.1) is 0 Å². The molecule has 0 spiro atoms. The van der Waals surface area contributed by atoms with Crippen LogP contribution in [0.25, 0.3) is 0 Å². The zero-order valence-electron chi connectivity index (χ0n) is 13.9. The van der Waals surface area contributed by atoms with Crippen molar-refractivity contribution in [2.45, 2.75) is 38.3 Å². The quantitative estimate of drug-likeness (QED) is 0.631. The average Bonchev–Trinajstić information content (AvgIpc) is 3.36. The molecule has 0 radical (unpaired) electrons. The fourth-order valence-corrected chi connectivity index (χ4v) is 2.17. The summed E-state index contributed by atoms with van der Waals surface area (Å²) in [6, 6.07) is 7.95. The normalized spacial score (nSPS) is 14.1. The Morgan fingerprint density at radius 3 is 2.44 bits per heavy atom. The van der Waals surface area contributed by atoms with E-state index < -0.39 is 30.6 Å². The minimum absolute atomic E-state index is 0.120. The summed E-state index contributed by atoms with van der Waals surface area (Å²) >= 11 is 0. The van der Waals surface area contributed by atoms with E-state index in [1.165, 1.54) is 6.92 Å². The molecule has 1 saturated carbocycles. The van der Waals surface area contributed by atoms with Gasteiger partial charge in [0.25, 0.3) is 5.91 Å². The highest BCUT2D eigenvalue weighted by atomic mass is 16.5. The third-order valence-electron chi connectivity index (χ3n) is 3.48. The van der Waals surface area contributed by atoms with Crippen molar-refractivity contribution >= 4 is 23.8 Å². The van der Waals surface area contributed by atoms with Crippen LogP contribution in [-0.4, -0.2) is 36.5 Å². The van der Waals surface area contributed by atoms with Crippen molar-refractivity contribution in [3.8, 4) is 0 Å². The molecule has 1 aliphatic rings. The first-order valence-corrected chi connectivity index (χ1v) is 8.02. The molecular weight excluding hydrogens is 326 g/mol. The Labute approximate surface area is 145 Å². The molecule has 1 aromatic carbocycles. The van der Waals surface area contributed by atoms with Crippen LogP contribution in [0.5, 0.6) is 0 Å². The van der Waals surface area contributed by atoms with Crippen LogP contribution in [-0.2, 0) is 19.1 Å². The summed E-state index contributed by atoms with van der Waals surface area (Å²) < 4.78 is 4.88. The van der Waals surface area contributed by atoms with Crippen molar-refractivity contribution in [1.82, 2.24) is 16.0 Å². The second-order valence-electron chi connectivity index (χ2n) is 5.82. The molecule has 1 aromatic rings. The van der Waals surface area contributed by atoms with Crippen LogP contribution in [0.2, 0.25) is 0 Å². The smallest absolute Gasteiger partial charge is 0.321 e. The highest BCUT2D eigenvalue weighted by Crippen LogP contribution is 2.18. The van der Waals surface area contributed by atoms with Gasteiger partial charge in [-0.15, -0.1) is 0 Å². The van der Waals surface area contributed by atoms with E-state index in [0.717, 1.165) is 18.4 Å². The molecule has 8 nitrogen and oxygen atoms in total. The molecule has 1 atom stereocenters. The second-order valence-corrected chi connectivity index (χ2v) is 5.82. The van der Waals surface area contributed by atoms with Gasteiger partial charge >= 0.3 is 12.0 Å².